The first-order valence-corrected chi connectivity index (χ1v) is 10.9. The van der Waals surface area contributed by atoms with Gasteiger partial charge in [-0.1, -0.05) is 48.0 Å². The van der Waals surface area contributed by atoms with Gasteiger partial charge in [0.15, 0.2) is 5.25 Å². The molecular weight excluding hydrogens is 411 g/mol. The van der Waals surface area contributed by atoms with Gasteiger partial charge in [0, 0.05) is 16.5 Å². The topological polar surface area (TPSA) is 40.4 Å². The SMILES string of the molecule is Cc1ccc(C[N+]2=C3c4ccccc4SC3C(=O)N(c3ccc(C)c(F)c3)C2=O)cc1. The number of carbonyl (C=O) groups is 2. The lowest BCUT2D eigenvalue weighted by Crippen LogP contribution is -2.55. The molecule has 3 aromatic carbocycles. The Kier molecular flexibility index (Phi) is 4.74. The van der Waals surface area contributed by atoms with Crippen LogP contribution in [0.15, 0.2) is 71.6 Å². The first-order valence-electron chi connectivity index (χ1n) is 10.0. The van der Waals surface area contributed by atoms with Gasteiger partial charge >= 0.3 is 11.9 Å². The number of rotatable bonds is 3. The predicted octanol–water partition coefficient (Wildman–Crippen LogP) is 5.09. The maximum Gasteiger partial charge on any atom is 0.506 e. The van der Waals surface area contributed by atoms with E-state index in [2.05, 4.69) is 0 Å². The zero-order valence-electron chi connectivity index (χ0n) is 17.1. The number of aryl methyl sites for hydroxylation is 2. The molecule has 0 spiro atoms. The number of thioether (sulfide) groups is 1. The van der Waals surface area contributed by atoms with Crippen molar-refractivity contribution >= 4 is 35.1 Å². The van der Waals surface area contributed by atoms with Crippen molar-refractivity contribution in [2.24, 2.45) is 0 Å². The van der Waals surface area contributed by atoms with Crippen molar-refractivity contribution in [1.82, 2.24) is 0 Å². The number of benzene rings is 3. The van der Waals surface area contributed by atoms with Crippen molar-refractivity contribution in [2.75, 3.05) is 4.90 Å². The van der Waals surface area contributed by atoms with E-state index in [4.69, 9.17) is 0 Å². The average Bonchev–Trinajstić information content (AvgIpc) is 3.15. The highest BCUT2D eigenvalue weighted by atomic mass is 32.2. The molecule has 3 aromatic rings. The van der Waals surface area contributed by atoms with Gasteiger partial charge < -0.3 is 0 Å². The maximum atomic E-state index is 14.3. The zero-order chi connectivity index (χ0) is 21.7. The number of carbonyl (C=O) groups excluding carboxylic acids is 2. The highest BCUT2D eigenvalue weighted by Crippen LogP contribution is 2.41. The molecule has 0 N–H and O–H groups in total. The molecule has 0 bridgehead atoms. The van der Waals surface area contributed by atoms with Gasteiger partial charge in [0.1, 0.15) is 23.8 Å². The maximum absolute atomic E-state index is 14.3. The van der Waals surface area contributed by atoms with Gasteiger partial charge in [0.2, 0.25) is 0 Å². The van der Waals surface area contributed by atoms with E-state index in [1.807, 2.05) is 55.5 Å². The van der Waals surface area contributed by atoms with E-state index in [0.29, 0.717) is 17.8 Å². The van der Waals surface area contributed by atoms with E-state index in [-0.39, 0.29) is 11.6 Å². The molecule has 2 aliphatic rings. The minimum Gasteiger partial charge on any atom is -0.244 e. The predicted molar refractivity (Wildman–Crippen MR) is 119 cm³/mol. The summed E-state index contributed by atoms with van der Waals surface area (Å²) in [5, 5.41) is -0.551. The Labute approximate surface area is 184 Å². The number of urea groups is 1. The fraction of sp³-hybridized carbons (Fsp3) is 0.160. The molecule has 5 rings (SSSR count). The Morgan fingerprint density at radius 3 is 2.48 bits per heavy atom. The van der Waals surface area contributed by atoms with Crippen molar-refractivity contribution in [1.29, 1.82) is 0 Å². The van der Waals surface area contributed by atoms with Crippen LogP contribution in [0.2, 0.25) is 0 Å². The van der Waals surface area contributed by atoms with Gasteiger partial charge in [-0.2, -0.15) is 9.37 Å². The Hall–Kier alpha value is -3.25. The molecule has 4 nitrogen and oxygen atoms in total. The summed E-state index contributed by atoms with van der Waals surface area (Å²) < 4.78 is 15.9. The van der Waals surface area contributed by atoms with Crippen LogP contribution in [-0.4, -0.2) is 27.5 Å². The molecule has 31 heavy (non-hydrogen) atoms. The highest BCUT2D eigenvalue weighted by Gasteiger charge is 2.53. The van der Waals surface area contributed by atoms with Gasteiger partial charge in [0.25, 0.3) is 0 Å². The molecule has 154 valence electrons. The summed E-state index contributed by atoms with van der Waals surface area (Å²) in [6.07, 6.45) is 0. The Bertz CT molecular complexity index is 1270. The Morgan fingerprint density at radius 2 is 1.74 bits per heavy atom. The molecule has 1 unspecified atom stereocenters. The van der Waals surface area contributed by atoms with Crippen LogP contribution in [0.4, 0.5) is 14.9 Å². The number of nitrogens with zero attached hydrogens (tertiary/aromatic N) is 2. The summed E-state index contributed by atoms with van der Waals surface area (Å²) in [5.41, 5.74) is 4.42. The van der Waals surface area contributed by atoms with E-state index < -0.39 is 17.1 Å². The number of amides is 3. The van der Waals surface area contributed by atoms with Crippen LogP contribution in [0.5, 0.6) is 0 Å². The number of hydrogen-bond donors (Lipinski definition) is 0. The van der Waals surface area contributed by atoms with Crippen LogP contribution in [0.1, 0.15) is 22.3 Å². The van der Waals surface area contributed by atoms with Crippen molar-refractivity contribution in [3.63, 3.8) is 0 Å². The van der Waals surface area contributed by atoms with Gasteiger partial charge in [-0.15, -0.1) is 16.7 Å². The third-order valence-electron chi connectivity index (χ3n) is 5.69. The molecular formula is C25H20FN2O2S+. The summed E-state index contributed by atoms with van der Waals surface area (Å²) in [6, 6.07) is 19.7. The normalized spacial score (nSPS) is 17.8. The number of fused-ring (bicyclic) bond motifs is 3. The second kappa shape index (κ2) is 7.46. The van der Waals surface area contributed by atoms with Crippen molar-refractivity contribution < 1.29 is 18.6 Å². The second-order valence-electron chi connectivity index (χ2n) is 7.84. The van der Waals surface area contributed by atoms with Crippen LogP contribution in [-0.2, 0) is 11.3 Å². The lowest BCUT2D eigenvalue weighted by Gasteiger charge is -2.24. The van der Waals surface area contributed by atoms with Crippen LogP contribution in [0, 0.1) is 19.7 Å². The van der Waals surface area contributed by atoms with Gasteiger partial charge in [-0.05, 0) is 43.2 Å². The molecule has 1 atom stereocenters. The third-order valence-corrected chi connectivity index (χ3v) is 6.96. The standard InChI is InChI=1S/C25H20FN2O2S/c1-15-7-10-17(11-8-15)14-27-22-19-5-3-4-6-21(19)31-23(22)24(29)28(25(27)30)18-12-9-16(2)20(26)13-18/h3-13,23H,14H2,1-2H3/q+1. The van der Waals surface area contributed by atoms with E-state index >= 15 is 0 Å². The second-order valence-corrected chi connectivity index (χ2v) is 8.99. The van der Waals surface area contributed by atoms with Crippen LogP contribution in [0.3, 0.4) is 0 Å². The van der Waals surface area contributed by atoms with Crippen LogP contribution >= 0.6 is 11.8 Å². The van der Waals surface area contributed by atoms with Crippen molar-refractivity contribution in [3.05, 3.63) is 94.8 Å². The summed E-state index contributed by atoms with van der Waals surface area (Å²) in [4.78, 5) is 29.2. The Morgan fingerprint density at radius 1 is 1.00 bits per heavy atom. The first-order chi connectivity index (χ1) is 14.9. The largest absolute Gasteiger partial charge is 0.506 e. The average molecular weight is 432 g/mol. The summed E-state index contributed by atoms with van der Waals surface area (Å²) in [6.45, 7) is 3.99. The number of imide groups is 1. The molecule has 6 heteroatoms. The smallest absolute Gasteiger partial charge is 0.244 e. The van der Waals surface area contributed by atoms with Gasteiger partial charge in [-0.3, -0.25) is 0 Å². The fourth-order valence-electron chi connectivity index (χ4n) is 3.98. The molecule has 2 heterocycles. The molecule has 0 fully saturated rings. The molecule has 2 aliphatic heterocycles. The van der Waals surface area contributed by atoms with E-state index in [1.54, 1.807) is 23.6 Å². The van der Waals surface area contributed by atoms with E-state index in [1.165, 1.54) is 17.8 Å². The fourth-order valence-corrected chi connectivity index (χ4v) is 5.26. The first kappa shape index (κ1) is 19.7. The monoisotopic (exact) mass is 431 g/mol. The summed E-state index contributed by atoms with van der Waals surface area (Å²) >= 11 is 1.44. The van der Waals surface area contributed by atoms with Crippen molar-refractivity contribution in [2.45, 2.75) is 30.5 Å². The van der Waals surface area contributed by atoms with Gasteiger partial charge in [0.05, 0.1) is 0 Å². The minimum absolute atomic E-state index is 0.252. The molecule has 0 saturated carbocycles. The molecule has 3 amide bonds. The zero-order valence-corrected chi connectivity index (χ0v) is 17.9. The Balaban J connectivity index is 1.67. The van der Waals surface area contributed by atoms with Crippen molar-refractivity contribution in [3.8, 4) is 0 Å². The van der Waals surface area contributed by atoms with Crippen LogP contribution < -0.4 is 4.90 Å². The van der Waals surface area contributed by atoms with Gasteiger partial charge in [-0.25, -0.2) is 9.18 Å². The molecule has 0 radical (unpaired) electrons. The highest BCUT2D eigenvalue weighted by molar-refractivity contribution is 8.02. The molecule has 0 aromatic heterocycles. The number of halogens is 1. The minimum atomic E-state index is -0.551. The summed E-state index contributed by atoms with van der Waals surface area (Å²) in [7, 11) is 0. The van der Waals surface area contributed by atoms with Crippen LogP contribution in [0.25, 0.3) is 0 Å². The molecule has 0 saturated heterocycles. The number of anilines is 1. The quantitative estimate of drug-likeness (QED) is 0.543. The van der Waals surface area contributed by atoms with E-state index in [9.17, 15) is 14.0 Å². The number of hydrogen-bond acceptors (Lipinski definition) is 3. The summed E-state index contributed by atoms with van der Waals surface area (Å²) in [5.74, 6) is -0.787. The molecule has 0 aliphatic carbocycles. The lowest BCUT2D eigenvalue weighted by molar-refractivity contribution is -0.444. The lowest BCUT2D eigenvalue weighted by atomic mass is 10.0. The third kappa shape index (κ3) is 3.27. The van der Waals surface area contributed by atoms with E-state index in [0.717, 1.165) is 26.5 Å².